The highest BCUT2D eigenvalue weighted by atomic mass is 16.5. The maximum Gasteiger partial charge on any atom is 0.272 e. The first-order chi connectivity index (χ1) is 14.9. The summed E-state index contributed by atoms with van der Waals surface area (Å²) in [7, 11) is 1.65. The fourth-order valence-electron chi connectivity index (χ4n) is 3.25. The van der Waals surface area contributed by atoms with E-state index in [2.05, 4.69) is 15.6 Å². The van der Waals surface area contributed by atoms with E-state index >= 15 is 0 Å². The molecule has 1 aliphatic heterocycles. The van der Waals surface area contributed by atoms with Crippen molar-refractivity contribution < 1.29 is 19.1 Å². The smallest absolute Gasteiger partial charge is 0.272 e. The third kappa shape index (κ3) is 5.16. The minimum atomic E-state index is -1.13. The zero-order valence-electron chi connectivity index (χ0n) is 17.8. The van der Waals surface area contributed by atoms with Crippen molar-refractivity contribution in [3.63, 3.8) is 0 Å². The number of hydrogen-bond acceptors (Lipinski definition) is 5. The van der Waals surface area contributed by atoms with E-state index in [9.17, 15) is 14.4 Å². The Bertz CT molecular complexity index is 990. The Labute approximate surface area is 181 Å². The number of carbonyl (C=O) groups excluding carboxylic acids is 3. The number of benzodiazepines with no additional fused rings is 1. The third-order valence-corrected chi connectivity index (χ3v) is 4.88. The maximum atomic E-state index is 13.1. The van der Waals surface area contributed by atoms with Crippen LogP contribution in [0.5, 0.6) is 0 Å². The second kappa shape index (κ2) is 9.99. The Hall–Kier alpha value is -3.52. The van der Waals surface area contributed by atoms with Crippen LogP contribution in [-0.2, 0) is 19.1 Å². The topological polar surface area (TPSA) is 100 Å². The second-order valence-electron chi connectivity index (χ2n) is 7.10. The standard InChI is InChI=1S/C23H26N4O4/c1-4-31-14-19(28)24-15(2)22(29)26-21-23(30)27(3)18-13-9-8-12-17(18)20(25-21)16-10-6-5-7-11-16/h5-13,15,21H,4,14H2,1-3H3,(H,24,28)(H,26,29)/t15-,21+/m0/s1. The lowest BCUT2D eigenvalue weighted by Gasteiger charge is -2.22. The predicted octanol–water partition coefficient (Wildman–Crippen LogP) is 1.48. The van der Waals surface area contributed by atoms with Gasteiger partial charge in [-0.05, 0) is 19.9 Å². The average Bonchev–Trinajstić information content (AvgIpc) is 2.89. The van der Waals surface area contributed by atoms with Crippen molar-refractivity contribution in [1.29, 1.82) is 0 Å². The fraction of sp³-hybridized carbons (Fsp3) is 0.304. The van der Waals surface area contributed by atoms with Gasteiger partial charge in [0.05, 0.1) is 11.4 Å². The van der Waals surface area contributed by atoms with Gasteiger partial charge >= 0.3 is 0 Å². The molecule has 31 heavy (non-hydrogen) atoms. The van der Waals surface area contributed by atoms with Crippen LogP contribution in [0.3, 0.4) is 0 Å². The molecule has 0 unspecified atom stereocenters. The number of rotatable bonds is 7. The van der Waals surface area contributed by atoms with Crippen molar-refractivity contribution in [3.05, 3.63) is 65.7 Å². The Morgan fingerprint density at radius 1 is 1.13 bits per heavy atom. The maximum absolute atomic E-state index is 13.1. The van der Waals surface area contributed by atoms with Gasteiger partial charge in [-0.15, -0.1) is 0 Å². The number of aliphatic imine (C=N–C) groups is 1. The molecule has 0 radical (unpaired) electrons. The van der Waals surface area contributed by atoms with Gasteiger partial charge in [-0.2, -0.15) is 0 Å². The molecule has 162 valence electrons. The number of carbonyl (C=O) groups is 3. The van der Waals surface area contributed by atoms with Crippen LogP contribution in [0.1, 0.15) is 25.0 Å². The van der Waals surface area contributed by atoms with Gasteiger partial charge in [0.2, 0.25) is 18.0 Å². The molecule has 0 bridgehead atoms. The summed E-state index contributed by atoms with van der Waals surface area (Å²) in [4.78, 5) is 43.8. The molecule has 3 amide bonds. The van der Waals surface area contributed by atoms with Crippen molar-refractivity contribution in [1.82, 2.24) is 10.6 Å². The van der Waals surface area contributed by atoms with Gasteiger partial charge in [-0.25, -0.2) is 4.99 Å². The number of anilines is 1. The SMILES string of the molecule is CCOCC(=O)N[C@@H](C)C(=O)N[C@H]1N=C(c2ccccc2)c2ccccc2N(C)C1=O. The molecule has 3 rings (SSSR count). The molecule has 8 heteroatoms. The van der Waals surface area contributed by atoms with Crippen LogP contribution >= 0.6 is 0 Å². The number of fused-ring (bicyclic) bond motifs is 1. The van der Waals surface area contributed by atoms with E-state index < -0.39 is 24.0 Å². The molecule has 0 saturated heterocycles. The molecule has 1 heterocycles. The number of nitrogens with zero attached hydrogens (tertiary/aromatic N) is 2. The molecular formula is C23H26N4O4. The summed E-state index contributed by atoms with van der Waals surface area (Å²) in [5, 5.41) is 5.22. The van der Waals surface area contributed by atoms with Crippen LogP contribution in [0, 0.1) is 0 Å². The van der Waals surface area contributed by atoms with Gasteiger partial charge in [0.1, 0.15) is 12.6 Å². The van der Waals surface area contributed by atoms with Gasteiger partial charge in [-0.1, -0.05) is 48.5 Å². The molecule has 2 aromatic rings. The number of para-hydroxylation sites is 1. The Kier molecular flexibility index (Phi) is 7.15. The van der Waals surface area contributed by atoms with E-state index in [1.807, 2.05) is 54.6 Å². The van der Waals surface area contributed by atoms with E-state index in [0.29, 0.717) is 18.0 Å². The van der Waals surface area contributed by atoms with Gasteiger partial charge in [0, 0.05) is 24.8 Å². The Morgan fingerprint density at radius 3 is 2.52 bits per heavy atom. The molecule has 2 atom stereocenters. The molecule has 0 fully saturated rings. The lowest BCUT2D eigenvalue weighted by molar-refractivity contribution is -0.132. The molecule has 0 aromatic heterocycles. The van der Waals surface area contributed by atoms with Crippen LogP contribution in [0.15, 0.2) is 59.6 Å². The van der Waals surface area contributed by atoms with Crippen LogP contribution in [0.2, 0.25) is 0 Å². The lowest BCUT2D eigenvalue weighted by Crippen LogP contribution is -2.52. The van der Waals surface area contributed by atoms with Crippen molar-refractivity contribution in [2.75, 3.05) is 25.2 Å². The Balaban J connectivity index is 1.89. The summed E-state index contributed by atoms with van der Waals surface area (Å²) in [5.41, 5.74) is 2.92. The molecule has 8 nitrogen and oxygen atoms in total. The summed E-state index contributed by atoms with van der Waals surface area (Å²) >= 11 is 0. The van der Waals surface area contributed by atoms with Gasteiger partial charge in [0.25, 0.3) is 5.91 Å². The first-order valence-corrected chi connectivity index (χ1v) is 10.1. The highest BCUT2D eigenvalue weighted by molar-refractivity contribution is 6.20. The van der Waals surface area contributed by atoms with Crippen molar-refractivity contribution in [2.45, 2.75) is 26.1 Å². The van der Waals surface area contributed by atoms with E-state index in [0.717, 1.165) is 11.1 Å². The second-order valence-corrected chi connectivity index (χ2v) is 7.10. The zero-order valence-corrected chi connectivity index (χ0v) is 17.8. The number of hydrogen-bond donors (Lipinski definition) is 2. The molecular weight excluding hydrogens is 396 g/mol. The largest absolute Gasteiger partial charge is 0.372 e. The minimum Gasteiger partial charge on any atom is -0.372 e. The van der Waals surface area contributed by atoms with Crippen molar-refractivity contribution in [3.8, 4) is 0 Å². The van der Waals surface area contributed by atoms with Crippen LogP contribution in [0.25, 0.3) is 0 Å². The van der Waals surface area contributed by atoms with E-state index in [-0.39, 0.29) is 12.5 Å². The van der Waals surface area contributed by atoms with Crippen LogP contribution in [0.4, 0.5) is 5.69 Å². The highest BCUT2D eigenvalue weighted by Crippen LogP contribution is 2.27. The number of ether oxygens (including phenoxy) is 1. The van der Waals surface area contributed by atoms with E-state index in [1.54, 1.807) is 20.9 Å². The van der Waals surface area contributed by atoms with Gasteiger partial charge in [0.15, 0.2) is 0 Å². The molecule has 1 aliphatic rings. The third-order valence-electron chi connectivity index (χ3n) is 4.88. The van der Waals surface area contributed by atoms with Crippen LogP contribution < -0.4 is 15.5 Å². The van der Waals surface area contributed by atoms with Crippen LogP contribution in [-0.4, -0.2) is 55.9 Å². The van der Waals surface area contributed by atoms with Crippen molar-refractivity contribution >= 4 is 29.1 Å². The quantitative estimate of drug-likeness (QED) is 0.706. The van der Waals surface area contributed by atoms with E-state index in [1.165, 1.54) is 4.90 Å². The highest BCUT2D eigenvalue weighted by Gasteiger charge is 2.32. The summed E-state index contributed by atoms with van der Waals surface area (Å²) < 4.78 is 5.05. The molecule has 0 saturated carbocycles. The summed E-state index contributed by atoms with van der Waals surface area (Å²) in [6.07, 6.45) is -1.13. The predicted molar refractivity (Wildman–Crippen MR) is 118 cm³/mol. The summed E-state index contributed by atoms with van der Waals surface area (Å²) in [5.74, 6) is -1.30. The number of nitrogens with one attached hydrogen (secondary N) is 2. The molecule has 0 aliphatic carbocycles. The number of benzene rings is 2. The monoisotopic (exact) mass is 422 g/mol. The normalized spacial score (nSPS) is 16.6. The number of amides is 3. The van der Waals surface area contributed by atoms with Crippen molar-refractivity contribution in [2.24, 2.45) is 4.99 Å². The lowest BCUT2D eigenvalue weighted by atomic mass is 10.0. The van der Waals surface area contributed by atoms with E-state index in [4.69, 9.17) is 4.74 Å². The first kappa shape index (κ1) is 22.2. The molecule has 2 aromatic carbocycles. The first-order valence-electron chi connectivity index (χ1n) is 10.1. The minimum absolute atomic E-state index is 0.134. The fourth-order valence-corrected chi connectivity index (χ4v) is 3.25. The molecule has 0 spiro atoms. The zero-order chi connectivity index (χ0) is 22.4. The summed E-state index contributed by atoms with van der Waals surface area (Å²) in [6, 6.07) is 16.1. The Morgan fingerprint density at radius 2 is 1.81 bits per heavy atom. The summed E-state index contributed by atoms with van der Waals surface area (Å²) in [6.45, 7) is 3.58. The molecule has 2 N–H and O–H groups in total. The average molecular weight is 422 g/mol. The van der Waals surface area contributed by atoms with Gasteiger partial charge < -0.3 is 20.3 Å². The number of likely N-dealkylation sites (N-methyl/N-ethyl adjacent to an activating group) is 1. The van der Waals surface area contributed by atoms with Gasteiger partial charge in [-0.3, -0.25) is 14.4 Å².